The molecule has 0 aliphatic heterocycles. The van der Waals surface area contributed by atoms with Gasteiger partial charge < -0.3 is 5.32 Å². The second-order valence-electron chi connectivity index (χ2n) is 4.25. The van der Waals surface area contributed by atoms with Crippen molar-refractivity contribution >= 4 is 5.91 Å². The van der Waals surface area contributed by atoms with Crippen LogP contribution in [0, 0.1) is 0 Å². The van der Waals surface area contributed by atoms with Crippen LogP contribution in [-0.4, -0.2) is 31.1 Å². The quantitative estimate of drug-likeness (QED) is 0.827. The van der Waals surface area contributed by atoms with E-state index in [0.717, 1.165) is 5.56 Å². The molecule has 100 valence electrons. The molecule has 2 aromatic rings. The van der Waals surface area contributed by atoms with Gasteiger partial charge in [0.1, 0.15) is 6.33 Å². The van der Waals surface area contributed by atoms with Crippen LogP contribution in [-0.2, 0) is 11.3 Å². The first kappa shape index (κ1) is 13.1. The van der Waals surface area contributed by atoms with E-state index in [9.17, 15) is 4.79 Å². The van der Waals surface area contributed by atoms with E-state index < -0.39 is 0 Å². The summed E-state index contributed by atoms with van der Waals surface area (Å²) in [5, 5.41) is 13.7. The van der Waals surface area contributed by atoms with Gasteiger partial charge in [-0.3, -0.25) is 9.78 Å². The largest absolute Gasteiger partial charge is 0.350 e. The maximum atomic E-state index is 11.8. The van der Waals surface area contributed by atoms with Gasteiger partial charge in [-0.1, -0.05) is 6.07 Å². The third kappa shape index (κ3) is 4.13. The van der Waals surface area contributed by atoms with E-state index in [4.69, 9.17) is 0 Å². The molecule has 1 atom stereocenters. The van der Waals surface area contributed by atoms with Gasteiger partial charge in [-0.05, 0) is 35.4 Å². The minimum Gasteiger partial charge on any atom is -0.350 e. The van der Waals surface area contributed by atoms with Crippen LogP contribution in [0.25, 0.3) is 0 Å². The molecule has 2 rings (SSSR count). The summed E-state index contributed by atoms with van der Waals surface area (Å²) in [6.45, 7) is 2.58. The van der Waals surface area contributed by atoms with Gasteiger partial charge in [0, 0.05) is 25.4 Å². The molecule has 1 unspecified atom stereocenters. The predicted molar refractivity (Wildman–Crippen MR) is 67.8 cm³/mol. The van der Waals surface area contributed by atoms with Gasteiger partial charge in [0.15, 0.2) is 0 Å². The van der Waals surface area contributed by atoms with Crippen LogP contribution in [0.4, 0.5) is 0 Å². The Morgan fingerprint density at radius 3 is 3.11 bits per heavy atom. The fourth-order valence-electron chi connectivity index (χ4n) is 1.71. The van der Waals surface area contributed by atoms with Crippen LogP contribution in [0.2, 0.25) is 0 Å². The Morgan fingerprint density at radius 2 is 2.42 bits per heavy atom. The molecule has 2 heterocycles. The average Bonchev–Trinajstić information content (AvgIpc) is 2.93. The van der Waals surface area contributed by atoms with Crippen molar-refractivity contribution in [3.8, 4) is 0 Å². The summed E-state index contributed by atoms with van der Waals surface area (Å²) >= 11 is 0. The number of carbonyl (C=O) groups is 1. The molecule has 0 aromatic carbocycles. The molecule has 7 heteroatoms. The lowest BCUT2D eigenvalue weighted by molar-refractivity contribution is -0.121. The lowest BCUT2D eigenvalue weighted by atomic mass is 10.1. The van der Waals surface area contributed by atoms with E-state index in [1.165, 1.54) is 6.33 Å². The number of rotatable bonds is 6. The Labute approximate surface area is 111 Å². The van der Waals surface area contributed by atoms with Gasteiger partial charge in [-0.25, -0.2) is 4.68 Å². The van der Waals surface area contributed by atoms with Gasteiger partial charge in [-0.2, -0.15) is 0 Å². The molecular formula is C12H16N6O. The Balaban J connectivity index is 1.72. The summed E-state index contributed by atoms with van der Waals surface area (Å²) in [7, 11) is 0. The van der Waals surface area contributed by atoms with E-state index in [1.807, 2.05) is 19.1 Å². The van der Waals surface area contributed by atoms with Crippen LogP contribution < -0.4 is 5.32 Å². The molecule has 0 aliphatic carbocycles. The third-order valence-corrected chi connectivity index (χ3v) is 2.74. The van der Waals surface area contributed by atoms with Crippen molar-refractivity contribution in [3.63, 3.8) is 0 Å². The fraction of sp³-hybridized carbons (Fsp3) is 0.417. The van der Waals surface area contributed by atoms with Crippen molar-refractivity contribution < 1.29 is 4.79 Å². The number of carbonyl (C=O) groups excluding carboxylic acids is 1. The van der Waals surface area contributed by atoms with Crippen molar-refractivity contribution in [1.29, 1.82) is 0 Å². The van der Waals surface area contributed by atoms with Gasteiger partial charge in [0.2, 0.25) is 5.91 Å². The Kier molecular flexibility index (Phi) is 4.54. The fourth-order valence-corrected chi connectivity index (χ4v) is 1.71. The van der Waals surface area contributed by atoms with E-state index in [2.05, 4.69) is 25.8 Å². The first-order chi connectivity index (χ1) is 9.25. The molecular weight excluding hydrogens is 244 g/mol. The minimum atomic E-state index is -0.0331. The lowest BCUT2D eigenvalue weighted by Crippen LogP contribution is -2.26. The molecule has 0 saturated carbocycles. The number of amides is 1. The van der Waals surface area contributed by atoms with Gasteiger partial charge in [0.25, 0.3) is 0 Å². The normalized spacial score (nSPS) is 12.1. The summed E-state index contributed by atoms with van der Waals surface area (Å²) in [6.07, 6.45) is 6.16. The Bertz CT molecular complexity index is 498. The monoisotopic (exact) mass is 260 g/mol. The van der Waals surface area contributed by atoms with Gasteiger partial charge in [0.05, 0.1) is 6.04 Å². The van der Waals surface area contributed by atoms with Gasteiger partial charge >= 0.3 is 0 Å². The molecule has 0 radical (unpaired) electrons. The summed E-state index contributed by atoms with van der Waals surface area (Å²) in [5.41, 5.74) is 0.997. The topological polar surface area (TPSA) is 85.6 Å². The van der Waals surface area contributed by atoms with Crippen LogP contribution in [0.15, 0.2) is 30.9 Å². The zero-order chi connectivity index (χ0) is 13.5. The summed E-state index contributed by atoms with van der Waals surface area (Å²) in [5.74, 6) is 0.0180. The van der Waals surface area contributed by atoms with E-state index in [-0.39, 0.29) is 11.9 Å². The molecule has 1 N–H and O–H groups in total. The highest BCUT2D eigenvalue weighted by Gasteiger charge is 2.09. The molecule has 0 bridgehead atoms. The number of nitrogens with one attached hydrogen (secondary N) is 1. The molecule has 1 amide bonds. The molecule has 0 fully saturated rings. The number of hydrogen-bond acceptors (Lipinski definition) is 5. The maximum Gasteiger partial charge on any atom is 0.220 e. The second-order valence-corrected chi connectivity index (χ2v) is 4.25. The number of pyridine rings is 1. The summed E-state index contributed by atoms with van der Waals surface area (Å²) in [4.78, 5) is 15.8. The third-order valence-electron chi connectivity index (χ3n) is 2.74. The Hall–Kier alpha value is -2.31. The van der Waals surface area contributed by atoms with Crippen LogP contribution in [0.3, 0.4) is 0 Å². The minimum absolute atomic E-state index is 0.0180. The molecule has 7 nitrogen and oxygen atoms in total. The smallest absolute Gasteiger partial charge is 0.220 e. The molecule has 0 aliphatic rings. The zero-order valence-electron chi connectivity index (χ0n) is 10.7. The maximum absolute atomic E-state index is 11.8. The molecule has 2 aromatic heterocycles. The van der Waals surface area contributed by atoms with Crippen molar-refractivity contribution in [1.82, 2.24) is 30.5 Å². The van der Waals surface area contributed by atoms with E-state index in [0.29, 0.717) is 19.4 Å². The predicted octanol–water partition coefficient (Wildman–Crippen LogP) is 0.726. The molecule has 0 spiro atoms. The zero-order valence-corrected chi connectivity index (χ0v) is 10.7. The van der Waals surface area contributed by atoms with E-state index >= 15 is 0 Å². The Morgan fingerprint density at radius 1 is 1.53 bits per heavy atom. The number of aryl methyl sites for hydroxylation is 1. The number of nitrogens with zero attached hydrogens (tertiary/aromatic N) is 5. The highest BCUT2D eigenvalue weighted by Crippen LogP contribution is 2.10. The van der Waals surface area contributed by atoms with E-state index in [1.54, 1.807) is 17.1 Å². The number of hydrogen-bond donors (Lipinski definition) is 1. The summed E-state index contributed by atoms with van der Waals surface area (Å²) in [6, 6.07) is 3.77. The van der Waals surface area contributed by atoms with Crippen molar-refractivity contribution in [3.05, 3.63) is 36.4 Å². The standard InChI is InChI=1S/C12H16N6O/c1-10(11-4-2-6-13-8-11)15-12(19)5-3-7-18-9-14-16-17-18/h2,4,6,8-10H,3,5,7H2,1H3,(H,15,19). The van der Waals surface area contributed by atoms with Crippen LogP contribution >= 0.6 is 0 Å². The van der Waals surface area contributed by atoms with Crippen molar-refractivity contribution in [2.45, 2.75) is 32.4 Å². The van der Waals surface area contributed by atoms with Gasteiger partial charge in [-0.15, -0.1) is 5.10 Å². The SMILES string of the molecule is CC(NC(=O)CCCn1cnnn1)c1cccnc1. The second kappa shape index (κ2) is 6.58. The first-order valence-corrected chi connectivity index (χ1v) is 6.16. The highest BCUT2D eigenvalue weighted by atomic mass is 16.1. The molecule has 19 heavy (non-hydrogen) atoms. The van der Waals surface area contributed by atoms with Crippen LogP contribution in [0.5, 0.6) is 0 Å². The summed E-state index contributed by atoms with van der Waals surface area (Å²) < 4.78 is 1.61. The molecule has 0 saturated heterocycles. The van der Waals surface area contributed by atoms with Crippen molar-refractivity contribution in [2.75, 3.05) is 0 Å². The number of tetrazole rings is 1. The highest BCUT2D eigenvalue weighted by molar-refractivity contribution is 5.76. The number of aromatic nitrogens is 5. The van der Waals surface area contributed by atoms with Crippen LogP contribution in [0.1, 0.15) is 31.4 Å². The average molecular weight is 260 g/mol. The van der Waals surface area contributed by atoms with Crippen molar-refractivity contribution in [2.24, 2.45) is 0 Å². The first-order valence-electron chi connectivity index (χ1n) is 6.16. The lowest BCUT2D eigenvalue weighted by Gasteiger charge is -2.13.